The van der Waals surface area contributed by atoms with Gasteiger partial charge in [-0.15, -0.1) is 0 Å². The molecule has 1 N–H and O–H groups in total. The van der Waals surface area contributed by atoms with Gasteiger partial charge in [-0.05, 0) is 12.1 Å². The molecule has 0 aliphatic carbocycles. The Kier molecular flexibility index (Phi) is 4.95. The van der Waals surface area contributed by atoms with E-state index in [4.69, 9.17) is 4.42 Å². The Labute approximate surface area is 108 Å². The van der Waals surface area contributed by atoms with Gasteiger partial charge in [-0.25, -0.2) is 0 Å². The van der Waals surface area contributed by atoms with Gasteiger partial charge in [0.15, 0.2) is 0 Å². The molecule has 0 radical (unpaired) electrons. The third-order valence-electron chi connectivity index (χ3n) is 2.88. The van der Waals surface area contributed by atoms with Crippen molar-refractivity contribution < 1.29 is 4.42 Å². The van der Waals surface area contributed by atoms with Gasteiger partial charge in [0.05, 0.1) is 13.1 Å². The van der Waals surface area contributed by atoms with E-state index in [9.17, 15) is 0 Å². The zero-order valence-electron chi connectivity index (χ0n) is 10.7. The van der Waals surface area contributed by atoms with Crippen molar-refractivity contribution in [2.24, 2.45) is 0 Å². The maximum absolute atomic E-state index is 5.83. The summed E-state index contributed by atoms with van der Waals surface area (Å²) in [6, 6.07) is 4.70. The second-order valence-electron chi connectivity index (χ2n) is 4.79. The molecule has 96 valence electrons. The van der Waals surface area contributed by atoms with Gasteiger partial charge in [-0.2, -0.15) is 11.8 Å². The number of thioether (sulfide) groups is 1. The van der Waals surface area contributed by atoms with E-state index >= 15 is 0 Å². The Balaban J connectivity index is 1.80. The van der Waals surface area contributed by atoms with Crippen LogP contribution in [0.3, 0.4) is 0 Å². The summed E-state index contributed by atoms with van der Waals surface area (Å²) in [5.74, 6) is 4.64. The van der Waals surface area contributed by atoms with E-state index in [0.29, 0.717) is 6.04 Å². The highest BCUT2D eigenvalue weighted by Crippen LogP contribution is 2.15. The smallest absolute Gasteiger partial charge is 0.118 e. The van der Waals surface area contributed by atoms with Gasteiger partial charge in [-0.1, -0.05) is 13.8 Å². The molecule has 0 aromatic carbocycles. The fourth-order valence-electron chi connectivity index (χ4n) is 1.89. The van der Waals surface area contributed by atoms with Crippen LogP contribution in [0.1, 0.15) is 25.4 Å². The minimum Gasteiger partial charge on any atom is -0.463 e. The molecule has 2 heterocycles. The third kappa shape index (κ3) is 4.37. The summed E-state index contributed by atoms with van der Waals surface area (Å²) < 4.78 is 5.83. The lowest BCUT2D eigenvalue weighted by molar-refractivity contribution is 0.263. The summed E-state index contributed by atoms with van der Waals surface area (Å²) in [5.41, 5.74) is 0. The molecule has 3 nitrogen and oxygen atoms in total. The predicted octanol–water partition coefficient (Wildman–Crippen LogP) is 2.33. The highest BCUT2D eigenvalue weighted by atomic mass is 32.2. The van der Waals surface area contributed by atoms with Crippen LogP contribution >= 0.6 is 11.8 Å². The largest absolute Gasteiger partial charge is 0.463 e. The molecule has 1 aliphatic rings. The monoisotopic (exact) mass is 254 g/mol. The summed E-state index contributed by atoms with van der Waals surface area (Å²) in [7, 11) is 0. The zero-order valence-corrected chi connectivity index (χ0v) is 11.6. The maximum atomic E-state index is 5.83. The molecule has 1 aromatic heterocycles. The van der Waals surface area contributed by atoms with Crippen molar-refractivity contribution in [3.8, 4) is 0 Å². The quantitative estimate of drug-likeness (QED) is 0.873. The predicted molar refractivity (Wildman–Crippen MR) is 73.3 cm³/mol. The van der Waals surface area contributed by atoms with Crippen LogP contribution in [-0.2, 0) is 13.1 Å². The minimum absolute atomic E-state index is 0.502. The molecular formula is C13H22N2OS. The fraction of sp³-hybridized carbons (Fsp3) is 0.692. The summed E-state index contributed by atoms with van der Waals surface area (Å²) in [5, 5.41) is 3.37. The standard InChI is InChI=1S/C13H22N2OS/c1-11(2)14-9-12-3-4-13(16-12)10-15-5-7-17-8-6-15/h3-4,11,14H,5-10H2,1-2H3. The van der Waals surface area contributed by atoms with Crippen LogP contribution in [0.5, 0.6) is 0 Å². The lowest BCUT2D eigenvalue weighted by Gasteiger charge is -2.24. The second-order valence-corrected chi connectivity index (χ2v) is 6.02. The Morgan fingerprint density at radius 2 is 2.00 bits per heavy atom. The third-order valence-corrected chi connectivity index (χ3v) is 3.83. The van der Waals surface area contributed by atoms with E-state index in [2.05, 4.69) is 36.2 Å². The maximum Gasteiger partial charge on any atom is 0.118 e. The van der Waals surface area contributed by atoms with Gasteiger partial charge in [0.1, 0.15) is 11.5 Å². The Morgan fingerprint density at radius 1 is 1.29 bits per heavy atom. The van der Waals surface area contributed by atoms with Crippen molar-refractivity contribution in [2.75, 3.05) is 24.6 Å². The van der Waals surface area contributed by atoms with Crippen LogP contribution < -0.4 is 5.32 Å². The molecular weight excluding hydrogens is 232 g/mol. The van der Waals surface area contributed by atoms with Crippen LogP contribution in [0.4, 0.5) is 0 Å². The topological polar surface area (TPSA) is 28.4 Å². The molecule has 0 atom stereocenters. The van der Waals surface area contributed by atoms with Gasteiger partial charge in [-0.3, -0.25) is 4.90 Å². The highest BCUT2D eigenvalue weighted by Gasteiger charge is 2.12. The average Bonchev–Trinajstić information content (AvgIpc) is 2.75. The number of furan rings is 1. The molecule has 2 rings (SSSR count). The van der Waals surface area contributed by atoms with Gasteiger partial charge in [0, 0.05) is 30.6 Å². The van der Waals surface area contributed by atoms with Gasteiger partial charge in [0.25, 0.3) is 0 Å². The summed E-state index contributed by atoms with van der Waals surface area (Å²) in [6.45, 7) is 8.45. The number of nitrogens with zero attached hydrogens (tertiary/aromatic N) is 1. The van der Waals surface area contributed by atoms with E-state index in [-0.39, 0.29) is 0 Å². The highest BCUT2D eigenvalue weighted by molar-refractivity contribution is 7.99. The lowest BCUT2D eigenvalue weighted by atomic mass is 10.3. The van der Waals surface area contributed by atoms with E-state index in [1.54, 1.807) is 0 Å². The molecule has 1 fully saturated rings. The van der Waals surface area contributed by atoms with E-state index in [1.807, 2.05) is 11.8 Å². The number of hydrogen-bond acceptors (Lipinski definition) is 4. The van der Waals surface area contributed by atoms with Crippen LogP contribution in [0.15, 0.2) is 16.5 Å². The Bertz CT molecular complexity index is 332. The van der Waals surface area contributed by atoms with Gasteiger partial charge < -0.3 is 9.73 Å². The van der Waals surface area contributed by atoms with Crippen molar-refractivity contribution in [1.29, 1.82) is 0 Å². The first kappa shape index (κ1) is 13.0. The van der Waals surface area contributed by atoms with Crippen molar-refractivity contribution in [3.63, 3.8) is 0 Å². The van der Waals surface area contributed by atoms with Crippen LogP contribution in [0.2, 0.25) is 0 Å². The second kappa shape index (κ2) is 6.47. The van der Waals surface area contributed by atoms with Crippen molar-refractivity contribution in [3.05, 3.63) is 23.7 Å². The molecule has 0 saturated carbocycles. The molecule has 1 saturated heterocycles. The summed E-state index contributed by atoms with van der Waals surface area (Å²) in [4.78, 5) is 2.47. The first-order chi connectivity index (χ1) is 8.24. The van der Waals surface area contributed by atoms with E-state index < -0.39 is 0 Å². The average molecular weight is 254 g/mol. The zero-order chi connectivity index (χ0) is 12.1. The first-order valence-corrected chi connectivity index (χ1v) is 7.50. The summed E-state index contributed by atoms with van der Waals surface area (Å²) in [6.07, 6.45) is 0. The van der Waals surface area contributed by atoms with E-state index in [1.165, 1.54) is 24.6 Å². The Hall–Kier alpha value is -0.450. The molecule has 4 heteroatoms. The first-order valence-electron chi connectivity index (χ1n) is 6.35. The normalized spacial score (nSPS) is 17.8. The molecule has 1 aromatic rings. The van der Waals surface area contributed by atoms with Crippen molar-refractivity contribution in [2.45, 2.75) is 33.0 Å². The SMILES string of the molecule is CC(C)NCc1ccc(CN2CCSCC2)o1. The lowest BCUT2D eigenvalue weighted by Crippen LogP contribution is -2.31. The van der Waals surface area contributed by atoms with Crippen LogP contribution in [0.25, 0.3) is 0 Å². The molecule has 17 heavy (non-hydrogen) atoms. The van der Waals surface area contributed by atoms with Crippen molar-refractivity contribution >= 4 is 11.8 Å². The number of rotatable bonds is 5. The number of nitrogens with one attached hydrogen (secondary N) is 1. The molecule has 0 bridgehead atoms. The molecule has 1 aliphatic heterocycles. The number of hydrogen-bond donors (Lipinski definition) is 1. The molecule has 0 spiro atoms. The van der Waals surface area contributed by atoms with Gasteiger partial charge >= 0.3 is 0 Å². The molecule has 0 amide bonds. The van der Waals surface area contributed by atoms with Crippen molar-refractivity contribution in [1.82, 2.24) is 10.2 Å². The molecule has 0 unspecified atom stereocenters. The van der Waals surface area contributed by atoms with Crippen LogP contribution in [-0.4, -0.2) is 35.5 Å². The van der Waals surface area contributed by atoms with Gasteiger partial charge in [0.2, 0.25) is 0 Å². The Morgan fingerprint density at radius 3 is 2.71 bits per heavy atom. The minimum atomic E-state index is 0.502. The van der Waals surface area contributed by atoms with Crippen LogP contribution in [0, 0.1) is 0 Å². The summed E-state index contributed by atoms with van der Waals surface area (Å²) >= 11 is 2.04. The fourth-order valence-corrected chi connectivity index (χ4v) is 2.87. The van der Waals surface area contributed by atoms with E-state index in [0.717, 1.165) is 24.6 Å².